The number of aromatic nitrogens is 4. The average Bonchev–Trinajstić information content (AvgIpc) is 3.44. The van der Waals surface area contributed by atoms with Gasteiger partial charge in [-0.05, 0) is 58.1 Å². The SMILES string of the molecule is CC#Cc1cccc(C=O)c1C1CC(N(C)C)c2nc3ccc(-c4cnc(N5CC(C)(N)C5)nc4)cc3n21. The van der Waals surface area contributed by atoms with Crippen LogP contribution in [0.5, 0.6) is 0 Å². The zero-order chi connectivity index (χ0) is 26.6. The number of carbonyl (C=O) groups is 1. The molecule has 0 radical (unpaired) electrons. The van der Waals surface area contributed by atoms with Crippen LogP contribution in [-0.4, -0.2) is 63.4 Å². The average molecular weight is 506 g/mol. The van der Waals surface area contributed by atoms with Crippen molar-refractivity contribution < 1.29 is 4.79 Å². The highest BCUT2D eigenvalue weighted by molar-refractivity contribution is 5.84. The molecule has 2 aromatic heterocycles. The Morgan fingerprint density at radius 2 is 1.89 bits per heavy atom. The van der Waals surface area contributed by atoms with Crippen molar-refractivity contribution in [2.75, 3.05) is 32.1 Å². The van der Waals surface area contributed by atoms with Crippen LogP contribution >= 0.6 is 0 Å². The maximum Gasteiger partial charge on any atom is 0.225 e. The predicted molar refractivity (Wildman–Crippen MR) is 149 cm³/mol. The van der Waals surface area contributed by atoms with Crippen LogP contribution in [0.25, 0.3) is 22.2 Å². The molecule has 2 aromatic carbocycles. The summed E-state index contributed by atoms with van der Waals surface area (Å²) in [6.45, 7) is 5.36. The lowest BCUT2D eigenvalue weighted by atomic mass is 9.92. The van der Waals surface area contributed by atoms with Crippen molar-refractivity contribution in [2.24, 2.45) is 5.73 Å². The van der Waals surface area contributed by atoms with Crippen LogP contribution in [0.1, 0.15) is 59.7 Å². The van der Waals surface area contributed by atoms with Crippen molar-refractivity contribution in [3.63, 3.8) is 0 Å². The van der Waals surface area contributed by atoms with Crippen molar-refractivity contribution in [2.45, 2.75) is 37.9 Å². The lowest BCUT2D eigenvalue weighted by Crippen LogP contribution is -2.66. The molecule has 38 heavy (non-hydrogen) atoms. The number of nitrogens with two attached hydrogens (primary N) is 1. The van der Waals surface area contributed by atoms with Crippen molar-refractivity contribution in [1.82, 2.24) is 24.4 Å². The van der Waals surface area contributed by atoms with Gasteiger partial charge in [-0.1, -0.05) is 24.1 Å². The van der Waals surface area contributed by atoms with Crippen LogP contribution in [0.3, 0.4) is 0 Å². The van der Waals surface area contributed by atoms with Gasteiger partial charge in [0.05, 0.1) is 23.1 Å². The van der Waals surface area contributed by atoms with Gasteiger partial charge in [-0.15, -0.1) is 5.92 Å². The highest BCUT2D eigenvalue weighted by Crippen LogP contribution is 2.45. The molecule has 4 heterocycles. The third-order valence-electron chi connectivity index (χ3n) is 7.61. The molecule has 0 amide bonds. The number of hydrogen-bond donors (Lipinski definition) is 1. The number of anilines is 1. The van der Waals surface area contributed by atoms with Crippen LogP contribution in [0.4, 0.5) is 5.95 Å². The molecule has 2 atom stereocenters. The van der Waals surface area contributed by atoms with E-state index in [0.717, 1.165) is 64.9 Å². The van der Waals surface area contributed by atoms with E-state index in [9.17, 15) is 4.79 Å². The molecule has 2 aliphatic rings. The van der Waals surface area contributed by atoms with E-state index >= 15 is 0 Å². The maximum atomic E-state index is 12.1. The molecule has 0 bridgehead atoms. The summed E-state index contributed by atoms with van der Waals surface area (Å²) in [7, 11) is 4.15. The third kappa shape index (κ3) is 3.95. The van der Waals surface area contributed by atoms with Crippen LogP contribution < -0.4 is 10.6 Å². The standard InChI is InChI=1S/C30H31N7O/c1-5-7-19-8-6-9-21(16-38)27(19)25-13-26(35(3)4)28-34-23-11-10-20(12-24(23)37(25)28)22-14-32-29(33-15-22)36-17-30(2,31)18-36/h6,8-12,14-16,25-26H,13,17-18,31H2,1-4H3. The van der Waals surface area contributed by atoms with Crippen molar-refractivity contribution in [3.8, 4) is 23.0 Å². The lowest BCUT2D eigenvalue weighted by Gasteiger charge is -2.45. The molecule has 0 aliphatic carbocycles. The van der Waals surface area contributed by atoms with Crippen LogP contribution in [-0.2, 0) is 0 Å². The molecule has 8 nitrogen and oxygen atoms in total. The molecular formula is C30H31N7O. The maximum absolute atomic E-state index is 12.1. The molecule has 8 heteroatoms. The Balaban J connectivity index is 1.45. The molecule has 0 saturated carbocycles. The van der Waals surface area contributed by atoms with Gasteiger partial charge >= 0.3 is 0 Å². The number of rotatable bonds is 5. The fourth-order valence-electron chi connectivity index (χ4n) is 5.87. The summed E-state index contributed by atoms with van der Waals surface area (Å²) < 4.78 is 2.30. The normalized spacial score (nSPS) is 19.7. The van der Waals surface area contributed by atoms with Crippen molar-refractivity contribution in [1.29, 1.82) is 0 Å². The Hall–Kier alpha value is -4.06. The summed E-state index contributed by atoms with van der Waals surface area (Å²) >= 11 is 0. The van der Waals surface area contributed by atoms with Gasteiger partial charge in [0.2, 0.25) is 5.95 Å². The topological polar surface area (TPSA) is 93.2 Å². The van der Waals surface area contributed by atoms with Crippen LogP contribution in [0.2, 0.25) is 0 Å². The van der Waals surface area contributed by atoms with Gasteiger partial charge in [-0.2, -0.15) is 0 Å². The van der Waals surface area contributed by atoms with Gasteiger partial charge in [0.1, 0.15) is 12.1 Å². The van der Waals surface area contributed by atoms with E-state index < -0.39 is 0 Å². The van der Waals surface area contributed by atoms with Gasteiger partial charge in [0.15, 0.2) is 0 Å². The van der Waals surface area contributed by atoms with E-state index in [4.69, 9.17) is 10.7 Å². The molecule has 2 aliphatic heterocycles. The van der Waals surface area contributed by atoms with Crippen molar-refractivity contribution >= 4 is 23.3 Å². The van der Waals surface area contributed by atoms with Gasteiger partial charge in [-0.25, -0.2) is 15.0 Å². The number of hydrogen-bond acceptors (Lipinski definition) is 7. The Labute approximate surface area is 222 Å². The highest BCUT2D eigenvalue weighted by atomic mass is 16.1. The molecule has 1 saturated heterocycles. The Kier molecular flexibility index (Phi) is 5.78. The molecule has 6 rings (SSSR count). The summed E-state index contributed by atoms with van der Waals surface area (Å²) in [5.74, 6) is 7.94. The molecule has 0 spiro atoms. The number of carbonyl (C=O) groups excluding carboxylic acids is 1. The number of nitrogens with zero attached hydrogens (tertiary/aromatic N) is 6. The van der Waals surface area contributed by atoms with Gasteiger partial charge in [-0.3, -0.25) is 9.69 Å². The second kappa shape index (κ2) is 9.05. The largest absolute Gasteiger partial charge is 0.337 e. The molecule has 2 unspecified atom stereocenters. The van der Waals surface area contributed by atoms with Crippen molar-refractivity contribution in [3.05, 3.63) is 71.3 Å². The zero-order valence-electron chi connectivity index (χ0n) is 22.1. The first-order valence-corrected chi connectivity index (χ1v) is 12.8. The first kappa shape index (κ1) is 24.3. The predicted octanol–water partition coefficient (Wildman–Crippen LogP) is 3.81. The minimum Gasteiger partial charge on any atom is -0.337 e. The number of aldehydes is 1. The second-order valence-corrected chi connectivity index (χ2v) is 10.9. The van der Waals surface area contributed by atoms with Crippen LogP contribution in [0, 0.1) is 11.8 Å². The smallest absolute Gasteiger partial charge is 0.225 e. The molecule has 4 aromatic rings. The second-order valence-electron chi connectivity index (χ2n) is 10.9. The molecule has 192 valence electrons. The quantitative estimate of drug-likeness (QED) is 0.326. The van der Waals surface area contributed by atoms with E-state index in [0.29, 0.717) is 11.5 Å². The zero-order valence-corrected chi connectivity index (χ0v) is 22.1. The Morgan fingerprint density at radius 3 is 2.55 bits per heavy atom. The minimum atomic E-state index is -0.179. The summed E-state index contributed by atoms with van der Waals surface area (Å²) in [6.07, 6.45) is 5.49. The van der Waals surface area contributed by atoms with E-state index in [-0.39, 0.29) is 17.6 Å². The van der Waals surface area contributed by atoms with Gasteiger partial charge < -0.3 is 15.2 Å². The van der Waals surface area contributed by atoms with E-state index in [1.165, 1.54) is 0 Å². The van der Waals surface area contributed by atoms with Crippen LogP contribution in [0.15, 0.2) is 48.8 Å². The Bertz CT molecular complexity index is 1600. The van der Waals surface area contributed by atoms with E-state index in [1.807, 2.05) is 44.4 Å². The first-order chi connectivity index (χ1) is 18.3. The van der Waals surface area contributed by atoms with Gasteiger partial charge in [0, 0.05) is 53.3 Å². The minimum absolute atomic E-state index is 0.0643. The molecule has 2 N–H and O–H groups in total. The first-order valence-electron chi connectivity index (χ1n) is 12.8. The summed E-state index contributed by atoms with van der Waals surface area (Å²) in [5, 5.41) is 0. The lowest BCUT2D eigenvalue weighted by molar-refractivity contribution is 0.112. The fourth-order valence-corrected chi connectivity index (χ4v) is 5.87. The van der Waals surface area contributed by atoms with Gasteiger partial charge in [0.25, 0.3) is 0 Å². The number of fused-ring (bicyclic) bond motifs is 3. The summed E-state index contributed by atoms with van der Waals surface area (Å²) in [5.41, 5.74) is 12.4. The summed E-state index contributed by atoms with van der Waals surface area (Å²) in [4.78, 5) is 30.7. The Morgan fingerprint density at radius 1 is 1.13 bits per heavy atom. The van der Waals surface area contributed by atoms with E-state index in [2.05, 4.69) is 68.5 Å². The van der Waals surface area contributed by atoms with E-state index in [1.54, 1.807) is 0 Å². The molecule has 1 fully saturated rings. The monoisotopic (exact) mass is 505 g/mol. The third-order valence-corrected chi connectivity index (χ3v) is 7.61. The number of imidazole rings is 1. The molecular weight excluding hydrogens is 474 g/mol. The highest BCUT2D eigenvalue weighted by Gasteiger charge is 2.38. The summed E-state index contributed by atoms with van der Waals surface area (Å²) in [6, 6.07) is 12.1. The fraction of sp³-hybridized carbons (Fsp3) is 0.333. The number of benzene rings is 2.